The Hall–Kier alpha value is -3.29. The standard InChI is InChI=1S/C23H18N2O3S2/c1-2-18-12-13-19(30-18)14-20-21(26)24-23(29)25(22(20)27)15-8-10-17(11-9-15)28-16-6-4-3-5-7-16/h3-14H,2H2,1H3,(H,24,26,29). The maximum Gasteiger partial charge on any atom is 0.270 e. The number of rotatable bonds is 5. The van der Waals surface area contributed by atoms with Crippen molar-refractivity contribution in [1.29, 1.82) is 0 Å². The molecule has 0 spiro atoms. The molecule has 4 rings (SSSR count). The number of nitrogens with zero attached hydrogens (tertiary/aromatic N) is 1. The highest BCUT2D eigenvalue weighted by Gasteiger charge is 2.34. The van der Waals surface area contributed by atoms with Gasteiger partial charge in [-0.3, -0.25) is 19.8 Å². The Morgan fingerprint density at radius 3 is 2.37 bits per heavy atom. The highest BCUT2D eigenvalue weighted by molar-refractivity contribution is 7.80. The molecule has 3 aromatic rings. The molecular formula is C23H18N2O3S2. The van der Waals surface area contributed by atoms with Crippen LogP contribution >= 0.6 is 23.6 Å². The van der Waals surface area contributed by atoms with E-state index in [1.165, 1.54) is 9.78 Å². The number of hydrogen-bond acceptors (Lipinski definition) is 5. The molecule has 2 heterocycles. The number of ether oxygens (including phenoxy) is 1. The van der Waals surface area contributed by atoms with E-state index in [-0.39, 0.29) is 10.7 Å². The van der Waals surface area contributed by atoms with Gasteiger partial charge in [-0.15, -0.1) is 11.3 Å². The van der Waals surface area contributed by atoms with Crippen LogP contribution in [0.25, 0.3) is 6.08 Å². The van der Waals surface area contributed by atoms with Crippen LogP contribution in [0, 0.1) is 0 Å². The second-order valence-corrected chi connectivity index (χ2v) is 8.11. The predicted octanol–water partition coefficient (Wildman–Crippen LogP) is 4.93. The molecule has 0 aliphatic carbocycles. The maximum atomic E-state index is 13.1. The van der Waals surface area contributed by atoms with E-state index in [1.807, 2.05) is 42.5 Å². The van der Waals surface area contributed by atoms with Crippen LogP contribution in [0.2, 0.25) is 0 Å². The summed E-state index contributed by atoms with van der Waals surface area (Å²) in [4.78, 5) is 28.8. The lowest BCUT2D eigenvalue weighted by Gasteiger charge is -2.28. The molecule has 150 valence electrons. The van der Waals surface area contributed by atoms with Crippen molar-refractivity contribution in [3.8, 4) is 11.5 Å². The fraction of sp³-hybridized carbons (Fsp3) is 0.0870. The zero-order valence-electron chi connectivity index (χ0n) is 16.1. The number of amides is 2. The van der Waals surface area contributed by atoms with Crippen LogP contribution in [0.15, 0.2) is 72.3 Å². The summed E-state index contributed by atoms with van der Waals surface area (Å²) in [7, 11) is 0. The molecule has 5 nitrogen and oxygen atoms in total. The van der Waals surface area contributed by atoms with E-state index in [1.54, 1.807) is 41.7 Å². The van der Waals surface area contributed by atoms with Gasteiger partial charge in [-0.05, 0) is 73.2 Å². The Labute approximate surface area is 183 Å². The average Bonchev–Trinajstić information content (AvgIpc) is 3.21. The van der Waals surface area contributed by atoms with Crippen molar-refractivity contribution in [2.75, 3.05) is 4.90 Å². The van der Waals surface area contributed by atoms with Crippen LogP contribution in [0.1, 0.15) is 16.7 Å². The lowest BCUT2D eigenvalue weighted by Crippen LogP contribution is -2.54. The van der Waals surface area contributed by atoms with Crippen molar-refractivity contribution in [1.82, 2.24) is 5.32 Å². The number of hydrogen-bond donors (Lipinski definition) is 1. The summed E-state index contributed by atoms with van der Waals surface area (Å²) in [6.07, 6.45) is 2.52. The van der Waals surface area contributed by atoms with Crippen molar-refractivity contribution in [3.05, 3.63) is 82.1 Å². The lowest BCUT2D eigenvalue weighted by atomic mass is 10.1. The molecule has 7 heteroatoms. The van der Waals surface area contributed by atoms with Crippen molar-refractivity contribution >= 4 is 52.2 Å². The molecular weight excluding hydrogens is 416 g/mol. The van der Waals surface area contributed by atoms with Crippen molar-refractivity contribution in [2.45, 2.75) is 13.3 Å². The molecule has 2 amide bonds. The zero-order valence-corrected chi connectivity index (χ0v) is 17.8. The number of benzene rings is 2. The molecule has 0 atom stereocenters. The quantitative estimate of drug-likeness (QED) is 0.351. The van der Waals surface area contributed by atoms with E-state index in [2.05, 4.69) is 12.2 Å². The van der Waals surface area contributed by atoms with E-state index < -0.39 is 11.8 Å². The largest absolute Gasteiger partial charge is 0.457 e. The molecule has 1 aliphatic rings. The van der Waals surface area contributed by atoms with E-state index in [0.717, 1.165) is 17.0 Å². The van der Waals surface area contributed by atoms with Gasteiger partial charge in [-0.25, -0.2) is 0 Å². The third-order valence-corrected chi connectivity index (χ3v) is 5.95. The first-order chi connectivity index (χ1) is 14.5. The average molecular weight is 435 g/mol. The SMILES string of the molecule is CCc1ccc(C=C2C(=O)NC(=S)N(c3ccc(Oc4ccccc4)cc3)C2=O)s1. The fourth-order valence-corrected chi connectivity index (χ4v) is 4.16. The molecule has 1 N–H and O–H groups in total. The summed E-state index contributed by atoms with van der Waals surface area (Å²) in [5.41, 5.74) is 0.606. The number of aryl methyl sites for hydroxylation is 1. The Bertz CT molecular complexity index is 1130. The topological polar surface area (TPSA) is 58.6 Å². The summed E-state index contributed by atoms with van der Waals surface area (Å²) in [6.45, 7) is 2.06. The Kier molecular flexibility index (Phi) is 5.74. The van der Waals surface area contributed by atoms with Gasteiger partial charge >= 0.3 is 0 Å². The van der Waals surface area contributed by atoms with Gasteiger partial charge in [0.25, 0.3) is 11.8 Å². The first-order valence-electron chi connectivity index (χ1n) is 9.38. The van der Waals surface area contributed by atoms with Crippen molar-refractivity contribution in [3.63, 3.8) is 0 Å². The van der Waals surface area contributed by atoms with Crippen LogP contribution in [0.5, 0.6) is 11.5 Å². The number of anilines is 1. The number of thiocarbonyl (C=S) groups is 1. The molecule has 0 unspecified atom stereocenters. The van der Waals surface area contributed by atoms with Gasteiger partial charge in [0.2, 0.25) is 0 Å². The normalized spacial score (nSPS) is 15.4. The van der Waals surface area contributed by atoms with Crippen LogP contribution < -0.4 is 15.0 Å². The number of nitrogens with one attached hydrogen (secondary N) is 1. The van der Waals surface area contributed by atoms with E-state index in [9.17, 15) is 9.59 Å². The molecule has 30 heavy (non-hydrogen) atoms. The molecule has 1 aromatic heterocycles. The lowest BCUT2D eigenvalue weighted by molar-refractivity contribution is -0.122. The smallest absolute Gasteiger partial charge is 0.270 e. The minimum atomic E-state index is -0.489. The van der Waals surface area contributed by atoms with Gasteiger partial charge in [0.15, 0.2) is 5.11 Å². The highest BCUT2D eigenvalue weighted by Crippen LogP contribution is 2.28. The number of carbonyl (C=O) groups is 2. The Balaban J connectivity index is 1.58. The second-order valence-electron chi connectivity index (χ2n) is 6.52. The zero-order chi connectivity index (χ0) is 21.1. The third-order valence-electron chi connectivity index (χ3n) is 4.49. The molecule has 1 saturated heterocycles. The van der Waals surface area contributed by atoms with Gasteiger partial charge in [-0.1, -0.05) is 25.1 Å². The summed E-state index contributed by atoms with van der Waals surface area (Å²) in [5.74, 6) is 0.407. The molecule has 2 aromatic carbocycles. The summed E-state index contributed by atoms with van der Waals surface area (Å²) >= 11 is 6.81. The summed E-state index contributed by atoms with van der Waals surface area (Å²) < 4.78 is 5.79. The van der Waals surface area contributed by atoms with Crippen molar-refractivity contribution in [2.24, 2.45) is 0 Å². The Morgan fingerprint density at radius 1 is 1.00 bits per heavy atom. The molecule has 0 saturated carbocycles. The first kappa shape index (κ1) is 20.0. The van der Waals surface area contributed by atoms with E-state index in [4.69, 9.17) is 17.0 Å². The highest BCUT2D eigenvalue weighted by atomic mass is 32.1. The summed E-state index contributed by atoms with van der Waals surface area (Å²) in [5, 5.41) is 2.66. The molecule has 1 aliphatic heterocycles. The van der Waals surface area contributed by atoms with Gasteiger partial charge < -0.3 is 4.74 Å². The first-order valence-corrected chi connectivity index (χ1v) is 10.6. The van der Waals surface area contributed by atoms with Crippen molar-refractivity contribution < 1.29 is 14.3 Å². The minimum absolute atomic E-state index is 0.0534. The third kappa shape index (κ3) is 4.17. The molecule has 1 fully saturated rings. The van der Waals surface area contributed by atoms with Crippen LogP contribution in [0.4, 0.5) is 5.69 Å². The number of para-hydroxylation sites is 1. The van der Waals surface area contributed by atoms with Gasteiger partial charge in [0.05, 0.1) is 5.69 Å². The molecule has 0 bridgehead atoms. The number of thiophene rings is 1. The van der Waals surface area contributed by atoms with Crippen LogP contribution in [-0.4, -0.2) is 16.9 Å². The van der Waals surface area contributed by atoms with Gasteiger partial charge in [0, 0.05) is 9.75 Å². The predicted molar refractivity (Wildman–Crippen MR) is 123 cm³/mol. The maximum absolute atomic E-state index is 13.1. The van der Waals surface area contributed by atoms with Crippen LogP contribution in [0.3, 0.4) is 0 Å². The molecule has 0 radical (unpaired) electrons. The monoisotopic (exact) mass is 434 g/mol. The minimum Gasteiger partial charge on any atom is -0.457 e. The summed E-state index contributed by atoms with van der Waals surface area (Å²) in [6, 6.07) is 20.3. The van der Waals surface area contributed by atoms with Gasteiger partial charge in [-0.2, -0.15) is 0 Å². The van der Waals surface area contributed by atoms with Crippen LogP contribution in [-0.2, 0) is 16.0 Å². The number of carbonyl (C=O) groups excluding carboxylic acids is 2. The Morgan fingerprint density at radius 2 is 1.70 bits per heavy atom. The second kappa shape index (κ2) is 8.61. The van der Waals surface area contributed by atoms with E-state index >= 15 is 0 Å². The van der Waals surface area contributed by atoms with Gasteiger partial charge in [0.1, 0.15) is 17.1 Å². The fourth-order valence-electron chi connectivity index (χ4n) is 2.98. The van der Waals surface area contributed by atoms with E-state index in [0.29, 0.717) is 11.4 Å².